The van der Waals surface area contributed by atoms with Gasteiger partial charge in [-0.25, -0.2) is 4.79 Å². The van der Waals surface area contributed by atoms with Crippen LogP contribution in [0.4, 0.5) is 4.79 Å². The molecular formula is C12H17N3O3. The highest BCUT2D eigenvalue weighted by Gasteiger charge is 2.16. The first kappa shape index (κ1) is 14.0. The molecule has 0 saturated carbocycles. The summed E-state index contributed by atoms with van der Waals surface area (Å²) in [4.78, 5) is 22.0. The molecule has 0 aliphatic rings. The summed E-state index contributed by atoms with van der Waals surface area (Å²) < 4.78 is 5.42. The van der Waals surface area contributed by atoms with Crippen molar-refractivity contribution in [3.05, 3.63) is 29.8 Å². The van der Waals surface area contributed by atoms with Gasteiger partial charge in [0.15, 0.2) is 6.10 Å². The van der Waals surface area contributed by atoms with E-state index in [4.69, 9.17) is 10.5 Å². The number of hydrogen-bond acceptors (Lipinski definition) is 4. The molecule has 4 N–H and O–H groups in total. The summed E-state index contributed by atoms with van der Waals surface area (Å²) in [6.07, 6.45) is -0.790. The Morgan fingerprint density at radius 2 is 2.17 bits per heavy atom. The van der Waals surface area contributed by atoms with Gasteiger partial charge in [0.2, 0.25) is 0 Å². The molecule has 0 saturated heterocycles. The molecule has 1 aromatic rings. The molecule has 0 fully saturated rings. The van der Waals surface area contributed by atoms with Gasteiger partial charge < -0.3 is 15.8 Å². The minimum absolute atomic E-state index is 0.565. The van der Waals surface area contributed by atoms with Gasteiger partial charge in [-0.2, -0.15) is 0 Å². The summed E-state index contributed by atoms with van der Waals surface area (Å²) in [5.74, 6) is -0.00334. The fourth-order valence-electron chi connectivity index (χ4n) is 1.41. The van der Waals surface area contributed by atoms with Crippen LogP contribution in [0.5, 0.6) is 5.75 Å². The number of primary amides is 1. The third kappa shape index (κ3) is 4.42. The zero-order chi connectivity index (χ0) is 13.5. The number of carbonyl (C=O) groups excluding carboxylic acids is 2. The van der Waals surface area contributed by atoms with Crippen molar-refractivity contribution in [2.24, 2.45) is 5.73 Å². The number of hydrogen-bond donors (Lipinski definition) is 3. The molecule has 1 unspecified atom stereocenters. The fourth-order valence-corrected chi connectivity index (χ4v) is 1.41. The van der Waals surface area contributed by atoms with Crippen molar-refractivity contribution in [1.29, 1.82) is 0 Å². The normalized spacial score (nSPS) is 11.7. The second-order valence-corrected chi connectivity index (χ2v) is 3.79. The van der Waals surface area contributed by atoms with Crippen LogP contribution >= 0.6 is 0 Å². The molecule has 0 aromatic heterocycles. The Bertz CT molecular complexity index is 434. The Kier molecular flexibility index (Phi) is 5.13. The highest BCUT2D eigenvalue weighted by Crippen LogP contribution is 2.14. The summed E-state index contributed by atoms with van der Waals surface area (Å²) in [6, 6.07) is 6.45. The van der Waals surface area contributed by atoms with Crippen LogP contribution in [0.25, 0.3) is 0 Å². The number of benzene rings is 1. The van der Waals surface area contributed by atoms with Gasteiger partial charge in [0.05, 0.1) is 0 Å². The maximum atomic E-state index is 11.4. The standard InChI is InChI=1S/C12H17N3O3/c1-8(11(16)15-12(13)17)18-10-5-3-4-9(6-10)7-14-2/h3-6,8,14H,7H2,1-2H3,(H3,13,15,16,17). The maximum Gasteiger partial charge on any atom is 0.318 e. The first-order valence-corrected chi connectivity index (χ1v) is 5.53. The maximum absolute atomic E-state index is 11.4. The average molecular weight is 251 g/mol. The Morgan fingerprint density at radius 1 is 1.44 bits per heavy atom. The van der Waals surface area contributed by atoms with Crippen molar-refractivity contribution < 1.29 is 14.3 Å². The summed E-state index contributed by atoms with van der Waals surface area (Å²) in [5.41, 5.74) is 5.89. The second kappa shape index (κ2) is 6.61. The van der Waals surface area contributed by atoms with E-state index in [1.165, 1.54) is 0 Å². The lowest BCUT2D eigenvalue weighted by Gasteiger charge is -2.14. The summed E-state index contributed by atoms with van der Waals surface area (Å²) in [5, 5.41) is 4.98. The van der Waals surface area contributed by atoms with Crippen LogP contribution < -0.4 is 21.1 Å². The Labute approximate surface area is 105 Å². The zero-order valence-electron chi connectivity index (χ0n) is 10.4. The first-order chi connectivity index (χ1) is 8.52. The third-order valence-electron chi connectivity index (χ3n) is 2.21. The molecule has 0 bridgehead atoms. The average Bonchev–Trinajstić information content (AvgIpc) is 2.29. The van der Waals surface area contributed by atoms with Gasteiger partial charge in [-0.05, 0) is 31.7 Å². The number of amides is 3. The van der Waals surface area contributed by atoms with E-state index in [1.54, 1.807) is 13.0 Å². The molecule has 18 heavy (non-hydrogen) atoms. The molecule has 0 heterocycles. The molecule has 3 amide bonds. The quantitative estimate of drug-likeness (QED) is 0.704. The van der Waals surface area contributed by atoms with Crippen LogP contribution in [0, 0.1) is 0 Å². The number of imide groups is 1. The number of carbonyl (C=O) groups is 2. The van der Waals surface area contributed by atoms with E-state index in [0.29, 0.717) is 12.3 Å². The SMILES string of the molecule is CNCc1cccc(OC(C)C(=O)NC(N)=O)c1. The van der Waals surface area contributed by atoms with E-state index in [0.717, 1.165) is 5.56 Å². The molecule has 1 atom stereocenters. The molecule has 6 nitrogen and oxygen atoms in total. The van der Waals surface area contributed by atoms with Gasteiger partial charge in [0, 0.05) is 6.54 Å². The molecule has 0 spiro atoms. The molecule has 6 heteroatoms. The minimum Gasteiger partial charge on any atom is -0.481 e. The summed E-state index contributed by atoms with van der Waals surface area (Å²) in [7, 11) is 1.84. The zero-order valence-corrected chi connectivity index (χ0v) is 10.4. The monoisotopic (exact) mass is 251 g/mol. The lowest BCUT2D eigenvalue weighted by Crippen LogP contribution is -2.42. The van der Waals surface area contributed by atoms with Crippen molar-refractivity contribution in [3.63, 3.8) is 0 Å². The predicted molar refractivity (Wildman–Crippen MR) is 67.0 cm³/mol. The molecule has 1 rings (SSSR count). The van der Waals surface area contributed by atoms with Crippen molar-refractivity contribution in [2.75, 3.05) is 7.05 Å². The van der Waals surface area contributed by atoms with Crippen LogP contribution in [0.2, 0.25) is 0 Å². The molecule has 0 aliphatic heterocycles. The second-order valence-electron chi connectivity index (χ2n) is 3.79. The van der Waals surface area contributed by atoms with Gasteiger partial charge in [-0.3, -0.25) is 10.1 Å². The van der Waals surface area contributed by atoms with E-state index in [9.17, 15) is 9.59 Å². The largest absolute Gasteiger partial charge is 0.481 e. The predicted octanol–water partition coefficient (Wildman–Crippen LogP) is 0.368. The van der Waals surface area contributed by atoms with Crippen molar-refractivity contribution in [1.82, 2.24) is 10.6 Å². The number of ether oxygens (including phenoxy) is 1. The van der Waals surface area contributed by atoms with Crippen molar-refractivity contribution in [3.8, 4) is 5.75 Å². The van der Waals surface area contributed by atoms with Gasteiger partial charge in [0.25, 0.3) is 5.91 Å². The van der Waals surface area contributed by atoms with Gasteiger partial charge in [0.1, 0.15) is 5.75 Å². The van der Waals surface area contributed by atoms with E-state index < -0.39 is 18.0 Å². The van der Waals surface area contributed by atoms with Crippen molar-refractivity contribution in [2.45, 2.75) is 19.6 Å². The topological polar surface area (TPSA) is 93.4 Å². The fraction of sp³-hybridized carbons (Fsp3) is 0.333. The summed E-state index contributed by atoms with van der Waals surface area (Å²) in [6.45, 7) is 2.25. The Morgan fingerprint density at radius 3 is 2.78 bits per heavy atom. The van der Waals surface area contributed by atoms with Gasteiger partial charge in [-0.15, -0.1) is 0 Å². The molecule has 0 radical (unpaired) electrons. The van der Waals surface area contributed by atoms with Crippen LogP contribution in [0.1, 0.15) is 12.5 Å². The Hall–Kier alpha value is -2.08. The first-order valence-electron chi connectivity index (χ1n) is 5.53. The van der Waals surface area contributed by atoms with E-state index >= 15 is 0 Å². The summed E-state index contributed by atoms with van der Waals surface area (Å²) >= 11 is 0. The Balaban J connectivity index is 2.63. The number of rotatable bonds is 5. The highest BCUT2D eigenvalue weighted by atomic mass is 16.5. The number of nitrogens with one attached hydrogen (secondary N) is 2. The number of nitrogens with two attached hydrogens (primary N) is 1. The highest BCUT2D eigenvalue weighted by molar-refractivity contribution is 5.95. The van der Waals surface area contributed by atoms with Crippen molar-refractivity contribution >= 4 is 11.9 Å². The molecule has 98 valence electrons. The molecule has 1 aromatic carbocycles. The van der Waals surface area contributed by atoms with E-state index in [1.807, 2.05) is 30.6 Å². The van der Waals surface area contributed by atoms with E-state index in [2.05, 4.69) is 5.32 Å². The van der Waals surface area contributed by atoms with Crippen LogP contribution in [0.15, 0.2) is 24.3 Å². The van der Waals surface area contributed by atoms with E-state index in [-0.39, 0.29) is 0 Å². The lowest BCUT2D eigenvalue weighted by molar-refractivity contribution is -0.126. The lowest BCUT2D eigenvalue weighted by atomic mass is 10.2. The van der Waals surface area contributed by atoms with Crippen LogP contribution in [-0.4, -0.2) is 25.1 Å². The minimum atomic E-state index is -0.889. The molecule has 0 aliphatic carbocycles. The number of urea groups is 1. The van der Waals surface area contributed by atoms with Gasteiger partial charge in [-0.1, -0.05) is 12.1 Å². The smallest absolute Gasteiger partial charge is 0.318 e. The molecular weight excluding hydrogens is 234 g/mol. The van der Waals surface area contributed by atoms with Crippen LogP contribution in [0.3, 0.4) is 0 Å². The van der Waals surface area contributed by atoms with Gasteiger partial charge >= 0.3 is 6.03 Å². The van der Waals surface area contributed by atoms with Crippen LogP contribution in [-0.2, 0) is 11.3 Å². The third-order valence-corrected chi connectivity index (χ3v) is 2.21.